The van der Waals surface area contributed by atoms with Crippen molar-refractivity contribution in [3.63, 3.8) is 0 Å². The molecule has 0 saturated carbocycles. The van der Waals surface area contributed by atoms with Crippen LogP contribution in [0.3, 0.4) is 0 Å². The molecule has 1 atom stereocenters. The molecule has 3 aromatic carbocycles. The Kier molecular flexibility index (Phi) is 6.47. The summed E-state index contributed by atoms with van der Waals surface area (Å²) in [5.41, 5.74) is 1.93. The van der Waals surface area contributed by atoms with Crippen molar-refractivity contribution in [1.82, 2.24) is 4.98 Å². The molecule has 0 amide bonds. The Morgan fingerprint density at radius 2 is 1.91 bits per heavy atom. The van der Waals surface area contributed by atoms with Crippen molar-refractivity contribution >= 4 is 50.8 Å². The molecule has 4 aromatic rings. The molecule has 0 radical (unpaired) electrons. The molecule has 1 aliphatic rings. The van der Waals surface area contributed by atoms with Crippen molar-refractivity contribution < 1.29 is 14.3 Å². The second-order valence-electron chi connectivity index (χ2n) is 7.71. The van der Waals surface area contributed by atoms with Crippen molar-refractivity contribution in [1.29, 1.82) is 5.41 Å². The number of Topliss-reactive ketones (excluding diaryl/α,β-unsaturated/α-hetero) is 1. The summed E-state index contributed by atoms with van der Waals surface area (Å²) in [5, 5.41) is 13.4. The molecular formula is C27H22N2O3S2. The molecule has 2 heterocycles. The van der Waals surface area contributed by atoms with Crippen LogP contribution in [-0.4, -0.2) is 22.4 Å². The van der Waals surface area contributed by atoms with E-state index < -0.39 is 5.92 Å². The Bertz CT molecular complexity index is 1390. The van der Waals surface area contributed by atoms with E-state index in [0.717, 1.165) is 11.1 Å². The third-order valence-corrected chi connectivity index (χ3v) is 7.35. The van der Waals surface area contributed by atoms with Crippen molar-refractivity contribution in [2.45, 2.75) is 19.4 Å². The summed E-state index contributed by atoms with van der Waals surface area (Å²) >= 11 is 2.60. The maximum Gasteiger partial charge on any atom is 0.186 e. The van der Waals surface area contributed by atoms with Crippen LogP contribution in [0.5, 0.6) is 11.5 Å². The first-order chi connectivity index (χ1) is 16.6. The van der Waals surface area contributed by atoms with E-state index in [9.17, 15) is 4.79 Å². The van der Waals surface area contributed by atoms with Gasteiger partial charge in [-0.25, -0.2) is 4.98 Å². The highest BCUT2D eigenvalue weighted by atomic mass is 32.2. The number of aromatic nitrogens is 1. The summed E-state index contributed by atoms with van der Waals surface area (Å²) in [6.45, 7) is 2.84. The van der Waals surface area contributed by atoms with Gasteiger partial charge in [0.15, 0.2) is 17.3 Å². The van der Waals surface area contributed by atoms with Gasteiger partial charge in [-0.1, -0.05) is 60.3 Å². The molecule has 0 unspecified atom stereocenters. The maximum absolute atomic E-state index is 12.9. The van der Waals surface area contributed by atoms with E-state index in [4.69, 9.17) is 14.9 Å². The molecule has 0 spiro atoms. The lowest BCUT2D eigenvalue weighted by Gasteiger charge is -2.14. The number of hydrogen-bond donors (Lipinski definition) is 1. The Hall–Kier alpha value is -3.42. The average molecular weight is 487 g/mol. The third kappa shape index (κ3) is 4.49. The van der Waals surface area contributed by atoms with Crippen LogP contribution in [0.1, 0.15) is 29.0 Å². The maximum atomic E-state index is 12.9. The van der Waals surface area contributed by atoms with Crippen LogP contribution in [0.2, 0.25) is 0 Å². The van der Waals surface area contributed by atoms with Gasteiger partial charge in [-0.05, 0) is 47.0 Å². The van der Waals surface area contributed by atoms with E-state index >= 15 is 0 Å². The quantitative estimate of drug-likeness (QED) is 0.295. The van der Waals surface area contributed by atoms with Gasteiger partial charge in [0.1, 0.15) is 17.5 Å². The minimum atomic E-state index is -0.592. The topological polar surface area (TPSA) is 72.3 Å². The number of ketones is 1. The van der Waals surface area contributed by atoms with Crippen LogP contribution in [0.4, 0.5) is 0 Å². The monoisotopic (exact) mass is 486 g/mol. The normalized spacial score (nSPS) is 17.0. The lowest BCUT2D eigenvalue weighted by atomic mass is 10.0. The predicted molar refractivity (Wildman–Crippen MR) is 139 cm³/mol. The van der Waals surface area contributed by atoms with Crippen molar-refractivity contribution in [3.05, 3.63) is 93.3 Å². The lowest BCUT2D eigenvalue weighted by molar-refractivity contribution is -0.114. The van der Waals surface area contributed by atoms with Gasteiger partial charge >= 0.3 is 0 Å². The number of hydrogen-bond acceptors (Lipinski definition) is 7. The molecular weight excluding hydrogens is 464 g/mol. The first-order valence-corrected chi connectivity index (χ1v) is 12.6. The Balaban J connectivity index is 1.38. The van der Waals surface area contributed by atoms with Gasteiger partial charge in [0.05, 0.1) is 16.6 Å². The minimum absolute atomic E-state index is 0.0841. The molecule has 1 saturated heterocycles. The molecule has 0 bridgehead atoms. The number of rotatable bonds is 7. The summed E-state index contributed by atoms with van der Waals surface area (Å²) in [6, 6.07) is 20.1. The molecule has 5 nitrogen and oxygen atoms in total. The molecule has 1 aromatic heterocycles. The van der Waals surface area contributed by atoms with E-state index in [2.05, 4.69) is 29.2 Å². The van der Waals surface area contributed by atoms with Gasteiger partial charge in [0, 0.05) is 11.6 Å². The van der Waals surface area contributed by atoms with Crippen LogP contribution in [-0.2, 0) is 11.4 Å². The molecule has 170 valence electrons. The van der Waals surface area contributed by atoms with E-state index in [-0.39, 0.29) is 5.78 Å². The zero-order valence-electron chi connectivity index (χ0n) is 18.5. The number of ether oxygens (including phenoxy) is 2. The smallest absolute Gasteiger partial charge is 0.186 e. The fraction of sp³-hybridized carbons (Fsp3) is 0.148. The van der Waals surface area contributed by atoms with Gasteiger partial charge in [-0.15, -0.1) is 11.3 Å². The highest BCUT2D eigenvalue weighted by Gasteiger charge is 2.38. The zero-order valence-corrected chi connectivity index (χ0v) is 20.1. The van der Waals surface area contributed by atoms with Crippen molar-refractivity contribution in [2.75, 3.05) is 6.61 Å². The molecule has 1 aliphatic heterocycles. The standard InChI is InChI=1S/C27H22N2O3S2/c1-2-31-22-14-17(15-23-25(30)24(26(28)34-23)27-29-12-13-33-27)10-11-21(22)32-16-19-8-5-7-18-6-3-4-9-20(18)19/h3-15,24,28H,2,16H2,1H3/b23-15-,28-26?/t24-/m1/s1. The number of fused-ring (bicyclic) bond motifs is 1. The zero-order chi connectivity index (χ0) is 23.5. The summed E-state index contributed by atoms with van der Waals surface area (Å²) in [7, 11) is 0. The van der Waals surface area contributed by atoms with E-state index in [1.54, 1.807) is 6.20 Å². The second kappa shape index (κ2) is 9.83. The second-order valence-corrected chi connectivity index (χ2v) is 9.72. The summed E-state index contributed by atoms with van der Waals surface area (Å²) in [6.07, 6.45) is 3.48. The summed E-state index contributed by atoms with van der Waals surface area (Å²) in [5.74, 6) is 0.597. The largest absolute Gasteiger partial charge is 0.490 e. The number of benzene rings is 3. The Morgan fingerprint density at radius 3 is 2.74 bits per heavy atom. The highest BCUT2D eigenvalue weighted by molar-refractivity contribution is 8.19. The number of nitrogens with zero attached hydrogens (tertiary/aromatic N) is 1. The van der Waals surface area contributed by atoms with Gasteiger partial charge in [0.2, 0.25) is 0 Å². The van der Waals surface area contributed by atoms with Crippen LogP contribution >= 0.6 is 23.1 Å². The fourth-order valence-corrected chi connectivity index (χ4v) is 5.72. The minimum Gasteiger partial charge on any atom is -0.490 e. The number of carbonyl (C=O) groups excluding carboxylic acids is 1. The van der Waals surface area contributed by atoms with Gasteiger partial charge in [-0.3, -0.25) is 10.2 Å². The van der Waals surface area contributed by atoms with Crippen molar-refractivity contribution in [3.8, 4) is 11.5 Å². The molecule has 0 aliphatic carbocycles. The molecule has 34 heavy (non-hydrogen) atoms. The van der Waals surface area contributed by atoms with Crippen LogP contribution < -0.4 is 9.47 Å². The average Bonchev–Trinajstić information content (AvgIpc) is 3.46. The molecule has 1 fully saturated rings. The Labute approximate surface area is 206 Å². The number of thioether (sulfide) groups is 1. The number of allylic oxidation sites excluding steroid dienone is 1. The number of thiazole rings is 1. The van der Waals surface area contributed by atoms with E-state index in [1.807, 2.05) is 54.8 Å². The van der Waals surface area contributed by atoms with Gasteiger partial charge in [-0.2, -0.15) is 0 Å². The van der Waals surface area contributed by atoms with Gasteiger partial charge in [0.25, 0.3) is 0 Å². The number of carbonyl (C=O) groups is 1. The number of nitrogens with one attached hydrogen (secondary N) is 1. The lowest BCUT2D eigenvalue weighted by Crippen LogP contribution is -2.11. The predicted octanol–water partition coefficient (Wildman–Crippen LogP) is 6.69. The molecule has 7 heteroatoms. The summed E-state index contributed by atoms with van der Waals surface area (Å²) < 4.78 is 12.0. The summed E-state index contributed by atoms with van der Waals surface area (Å²) in [4.78, 5) is 17.7. The van der Waals surface area contributed by atoms with Crippen LogP contribution in [0.25, 0.3) is 16.8 Å². The SMILES string of the molecule is CCOc1cc(/C=C2\SC(=N)[C@H](c3nccs3)C2=O)ccc1OCc1cccc2ccccc12. The van der Waals surface area contributed by atoms with E-state index in [0.29, 0.717) is 39.7 Å². The molecule has 5 rings (SSSR count). The Morgan fingerprint density at radius 1 is 1.06 bits per heavy atom. The first kappa shape index (κ1) is 22.4. The fourth-order valence-electron chi connectivity index (χ4n) is 3.92. The highest BCUT2D eigenvalue weighted by Crippen LogP contribution is 2.41. The first-order valence-electron chi connectivity index (χ1n) is 10.9. The molecule has 1 N–H and O–H groups in total. The third-order valence-electron chi connectivity index (χ3n) is 5.51. The van der Waals surface area contributed by atoms with Crippen molar-refractivity contribution in [2.24, 2.45) is 0 Å². The van der Waals surface area contributed by atoms with Crippen LogP contribution in [0.15, 0.2) is 77.1 Å². The van der Waals surface area contributed by atoms with Crippen LogP contribution in [0, 0.1) is 5.41 Å². The van der Waals surface area contributed by atoms with Gasteiger partial charge < -0.3 is 9.47 Å². The van der Waals surface area contributed by atoms with E-state index in [1.165, 1.54) is 33.9 Å².